The van der Waals surface area contributed by atoms with E-state index in [4.69, 9.17) is 0 Å². The molecule has 0 spiro atoms. The molecule has 3 nitrogen and oxygen atoms in total. The Hall–Kier alpha value is -1.35. The number of amides is 1. The molecule has 1 N–H and O–H groups in total. The van der Waals surface area contributed by atoms with Crippen LogP contribution in [0.25, 0.3) is 0 Å². The van der Waals surface area contributed by atoms with Crippen LogP contribution in [-0.4, -0.2) is 25.5 Å². The Labute approximate surface area is 109 Å². The number of nitrogens with one attached hydrogen (secondary N) is 1. The van der Waals surface area contributed by atoms with Gasteiger partial charge in [-0.3, -0.25) is 4.79 Å². The predicted molar refractivity (Wildman–Crippen MR) is 74.7 cm³/mol. The van der Waals surface area contributed by atoms with E-state index in [1.54, 1.807) is 4.90 Å². The molecule has 1 saturated heterocycles. The lowest BCUT2D eigenvalue weighted by molar-refractivity contribution is -0.119. The largest absolute Gasteiger partial charge is 0.315 e. The molecule has 1 amide bonds. The smallest absolute Gasteiger partial charge is 0.228 e. The van der Waals surface area contributed by atoms with Gasteiger partial charge in [-0.25, -0.2) is 0 Å². The Bertz CT molecular complexity index is 391. The van der Waals surface area contributed by atoms with Crippen LogP contribution in [0, 0.1) is 5.92 Å². The van der Waals surface area contributed by atoms with Crippen molar-refractivity contribution in [3.63, 3.8) is 0 Å². The van der Waals surface area contributed by atoms with Crippen molar-refractivity contribution < 1.29 is 4.79 Å². The second-order valence-electron chi connectivity index (χ2n) is 5.17. The first-order valence-corrected chi connectivity index (χ1v) is 6.73. The van der Waals surface area contributed by atoms with Crippen LogP contribution in [0.3, 0.4) is 0 Å². The van der Waals surface area contributed by atoms with Crippen LogP contribution in [0.5, 0.6) is 0 Å². The summed E-state index contributed by atoms with van der Waals surface area (Å²) in [4.78, 5) is 14.0. The fraction of sp³-hybridized carbons (Fsp3) is 0.533. The molecule has 1 fully saturated rings. The van der Waals surface area contributed by atoms with Crippen molar-refractivity contribution in [1.82, 2.24) is 5.32 Å². The molecule has 1 aromatic rings. The van der Waals surface area contributed by atoms with Gasteiger partial charge in [0.25, 0.3) is 0 Å². The van der Waals surface area contributed by atoms with Crippen molar-refractivity contribution in [2.24, 2.45) is 5.92 Å². The highest BCUT2D eigenvalue weighted by molar-refractivity contribution is 5.93. The maximum Gasteiger partial charge on any atom is 0.228 e. The maximum atomic E-state index is 12.2. The quantitative estimate of drug-likeness (QED) is 0.888. The van der Waals surface area contributed by atoms with Gasteiger partial charge in [-0.05, 0) is 37.4 Å². The average Bonchev–Trinajstić information content (AvgIpc) is 2.41. The molecule has 2 unspecified atom stereocenters. The number of piperidine rings is 1. The van der Waals surface area contributed by atoms with E-state index in [0.717, 1.165) is 12.2 Å². The molecule has 1 aliphatic rings. The van der Waals surface area contributed by atoms with Crippen molar-refractivity contribution in [2.45, 2.75) is 32.2 Å². The van der Waals surface area contributed by atoms with E-state index in [0.29, 0.717) is 18.4 Å². The van der Waals surface area contributed by atoms with Crippen LogP contribution in [0.15, 0.2) is 30.3 Å². The Balaban J connectivity index is 1.95. The number of hydrogen-bond donors (Lipinski definition) is 1. The van der Waals surface area contributed by atoms with Crippen LogP contribution in [-0.2, 0) is 4.79 Å². The second-order valence-corrected chi connectivity index (χ2v) is 5.17. The molecule has 2 rings (SSSR count). The minimum absolute atomic E-state index is 0.187. The fourth-order valence-electron chi connectivity index (χ4n) is 2.51. The molecular formula is C15H22N2O. The number of para-hydroxylation sites is 1. The van der Waals surface area contributed by atoms with Gasteiger partial charge in [0, 0.05) is 25.2 Å². The highest BCUT2D eigenvalue weighted by Crippen LogP contribution is 2.20. The molecule has 18 heavy (non-hydrogen) atoms. The van der Waals surface area contributed by atoms with Gasteiger partial charge in [0.1, 0.15) is 0 Å². The average molecular weight is 246 g/mol. The van der Waals surface area contributed by atoms with Gasteiger partial charge in [0.05, 0.1) is 0 Å². The predicted octanol–water partition coefficient (Wildman–Crippen LogP) is 2.43. The van der Waals surface area contributed by atoms with Gasteiger partial charge in [-0.2, -0.15) is 0 Å². The number of nitrogens with zero attached hydrogens (tertiary/aromatic N) is 1. The van der Waals surface area contributed by atoms with Crippen LogP contribution < -0.4 is 10.2 Å². The lowest BCUT2D eigenvalue weighted by atomic mass is 9.90. The highest BCUT2D eigenvalue weighted by Gasteiger charge is 2.24. The summed E-state index contributed by atoms with van der Waals surface area (Å²) < 4.78 is 0. The molecule has 0 aromatic heterocycles. The monoisotopic (exact) mass is 246 g/mol. The lowest BCUT2D eigenvalue weighted by Gasteiger charge is -2.31. The van der Waals surface area contributed by atoms with Crippen LogP contribution in [0.4, 0.5) is 5.69 Å². The van der Waals surface area contributed by atoms with E-state index in [-0.39, 0.29) is 5.91 Å². The van der Waals surface area contributed by atoms with E-state index in [1.807, 2.05) is 37.4 Å². The number of carbonyl (C=O) groups excluding carboxylic acids is 1. The first-order valence-electron chi connectivity index (χ1n) is 6.73. The maximum absolute atomic E-state index is 12.2. The first kappa shape index (κ1) is 13.1. The van der Waals surface area contributed by atoms with Gasteiger partial charge in [-0.15, -0.1) is 0 Å². The van der Waals surface area contributed by atoms with Gasteiger partial charge in [-0.1, -0.05) is 25.1 Å². The Morgan fingerprint density at radius 3 is 2.78 bits per heavy atom. The number of benzene rings is 1. The second kappa shape index (κ2) is 6.01. The van der Waals surface area contributed by atoms with Crippen molar-refractivity contribution in [1.29, 1.82) is 0 Å². The molecule has 98 valence electrons. The summed E-state index contributed by atoms with van der Waals surface area (Å²) in [6, 6.07) is 10.1. The summed E-state index contributed by atoms with van der Waals surface area (Å²) in [6.45, 7) is 3.27. The normalized spacial score (nSPS) is 23.7. The summed E-state index contributed by atoms with van der Waals surface area (Å²) in [5.41, 5.74) is 0.964. The number of hydrogen-bond acceptors (Lipinski definition) is 2. The van der Waals surface area contributed by atoms with Gasteiger partial charge >= 0.3 is 0 Å². The molecule has 0 aliphatic carbocycles. The molecule has 1 heterocycles. The lowest BCUT2D eigenvalue weighted by Crippen LogP contribution is -2.43. The van der Waals surface area contributed by atoms with E-state index in [9.17, 15) is 4.79 Å². The zero-order valence-corrected chi connectivity index (χ0v) is 11.2. The minimum atomic E-state index is 0.187. The molecule has 1 aromatic carbocycles. The Morgan fingerprint density at radius 1 is 1.39 bits per heavy atom. The van der Waals surface area contributed by atoms with E-state index >= 15 is 0 Å². The Morgan fingerprint density at radius 2 is 2.11 bits per heavy atom. The van der Waals surface area contributed by atoms with Crippen molar-refractivity contribution in [2.75, 3.05) is 18.5 Å². The Kier molecular flexibility index (Phi) is 4.37. The number of anilines is 1. The summed E-state index contributed by atoms with van der Waals surface area (Å²) in [6.07, 6.45) is 3.03. The topological polar surface area (TPSA) is 32.3 Å². The molecular weight excluding hydrogens is 224 g/mol. The number of rotatable bonds is 3. The number of carbonyl (C=O) groups is 1. The van der Waals surface area contributed by atoms with Gasteiger partial charge in [0.15, 0.2) is 0 Å². The molecule has 0 saturated carbocycles. The third-order valence-corrected chi connectivity index (χ3v) is 3.84. The third-order valence-electron chi connectivity index (χ3n) is 3.84. The van der Waals surface area contributed by atoms with Crippen LogP contribution in [0.1, 0.15) is 26.2 Å². The standard InChI is InChI=1S/C15H22N2O/c1-12-7-6-10-16-14(12)11-15(18)17(2)13-8-4-3-5-9-13/h3-5,8-9,12,14,16H,6-7,10-11H2,1-2H3. The molecule has 0 bridgehead atoms. The first-order chi connectivity index (χ1) is 8.68. The third kappa shape index (κ3) is 3.10. The van der Waals surface area contributed by atoms with Gasteiger partial charge in [0.2, 0.25) is 5.91 Å². The fourth-order valence-corrected chi connectivity index (χ4v) is 2.51. The summed E-state index contributed by atoms with van der Waals surface area (Å²) in [7, 11) is 1.85. The van der Waals surface area contributed by atoms with Crippen molar-refractivity contribution in [3.8, 4) is 0 Å². The summed E-state index contributed by atoms with van der Waals surface area (Å²) in [5, 5.41) is 3.46. The van der Waals surface area contributed by atoms with Crippen molar-refractivity contribution in [3.05, 3.63) is 30.3 Å². The van der Waals surface area contributed by atoms with E-state index in [1.165, 1.54) is 12.8 Å². The SMILES string of the molecule is CC1CCCNC1CC(=O)N(C)c1ccccc1. The zero-order valence-electron chi connectivity index (χ0n) is 11.2. The molecule has 1 aliphatic heterocycles. The minimum Gasteiger partial charge on any atom is -0.315 e. The van der Waals surface area contributed by atoms with Crippen molar-refractivity contribution >= 4 is 11.6 Å². The molecule has 3 heteroatoms. The molecule has 2 atom stereocenters. The summed E-state index contributed by atoms with van der Waals surface area (Å²) in [5.74, 6) is 0.777. The zero-order chi connectivity index (χ0) is 13.0. The highest BCUT2D eigenvalue weighted by atomic mass is 16.2. The van der Waals surface area contributed by atoms with Crippen LogP contribution in [0.2, 0.25) is 0 Å². The van der Waals surface area contributed by atoms with Gasteiger partial charge < -0.3 is 10.2 Å². The van der Waals surface area contributed by atoms with Crippen LogP contribution >= 0.6 is 0 Å². The summed E-state index contributed by atoms with van der Waals surface area (Å²) >= 11 is 0. The van der Waals surface area contributed by atoms with E-state index < -0.39 is 0 Å². The van der Waals surface area contributed by atoms with E-state index in [2.05, 4.69) is 12.2 Å². The molecule has 0 radical (unpaired) electrons.